The van der Waals surface area contributed by atoms with Crippen LogP contribution in [0.15, 0.2) is 34.7 Å². The third-order valence-electron chi connectivity index (χ3n) is 1.83. The molecule has 0 atom stereocenters. The fourth-order valence-electron chi connectivity index (χ4n) is 1.19. The summed E-state index contributed by atoms with van der Waals surface area (Å²) in [6.07, 6.45) is 1.63. The minimum absolute atomic E-state index is 0.0214. The lowest BCUT2D eigenvalue weighted by Gasteiger charge is -2.01. The van der Waals surface area contributed by atoms with Crippen molar-refractivity contribution in [2.24, 2.45) is 0 Å². The third-order valence-corrected chi connectivity index (χ3v) is 4.21. The number of aromatic nitrogens is 1. The van der Waals surface area contributed by atoms with Gasteiger partial charge in [0.15, 0.2) is 0 Å². The van der Waals surface area contributed by atoms with Crippen molar-refractivity contribution in [2.75, 3.05) is 0 Å². The van der Waals surface area contributed by atoms with Gasteiger partial charge in [-0.25, -0.2) is 13.4 Å². The van der Waals surface area contributed by atoms with Gasteiger partial charge in [-0.15, -0.1) is 11.3 Å². The van der Waals surface area contributed by atoms with Gasteiger partial charge in [0.2, 0.25) is 0 Å². The summed E-state index contributed by atoms with van der Waals surface area (Å²) < 4.78 is 22.4. The van der Waals surface area contributed by atoms with Crippen LogP contribution in [0.1, 0.15) is 0 Å². The van der Waals surface area contributed by atoms with Crippen LogP contribution in [0.2, 0.25) is 5.02 Å². The second-order valence-corrected chi connectivity index (χ2v) is 6.85. The summed E-state index contributed by atoms with van der Waals surface area (Å²) in [4.78, 5) is 4.05. The van der Waals surface area contributed by atoms with E-state index < -0.39 is 9.05 Å². The Kier molecular flexibility index (Phi) is 3.21. The Morgan fingerprint density at radius 3 is 2.56 bits per heavy atom. The van der Waals surface area contributed by atoms with Crippen molar-refractivity contribution in [3.63, 3.8) is 0 Å². The molecule has 1 aromatic carbocycles. The van der Waals surface area contributed by atoms with Gasteiger partial charge in [0.1, 0.15) is 5.01 Å². The van der Waals surface area contributed by atoms with Crippen LogP contribution in [0, 0.1) is 0 Å². The highest BCUT2D eigenvalue weighted by Gasteiger charge is 2.13. The van der Waals surface area contributed by atoms with Crippen LogP contribution < -0.4 is 0 Å². The highest BCUT2D eigenvalue weighted by atomic mass is 35.7. The van der Waals surface area contributed by atoms with E-state index in [1.807, 2.05) is 0 Å². The average Bonchev–Trinajstić information content (AvgIpc) is 2.68. The Morgan fingerprint density at radius 2 is 2.00 bits per heavy atom. The largest absolute Gasteiger partial charge is 0.261 e. The monoisotopic (exact) mass is 293 g/mol. The van der Waals surface area contributed by atoms with Gasteiger partial charge < -0.3 is 0 Å². The summed E-state index contributed by atoms with van der Waals surface area (Å²) >= 11 is 7.22. The van der Waals surface area contributed by atoms with Gasteiger partial charge in [-0.3, -0.25) is 0 Å². The molecule has 3 nitrogen and oxygen atoms in total. The van der Waals surface area contributed by atoms with Crippen LogP contribution in [0.5, 0.6) is 0 Å². The molecule has 2 rings (SSSR count). The van der Waals surface area contributed by atoms with Gasteiger partial charge in [-0.1, -0.05) is 11.6 Å². The Bertz CT molecular complexity index is 608. The van der Waals surface area contributed by atoms with Crippen LogP contribution in [0.25, 0.3) is 10.6 Å². The number of benzene rings is 1. The van der Waals surface area contributed by atoms with Gasteiger partial charge in [-0.2, -0.15) is 0 Å². The molecular weight excluding hydrogens is 289 g/mol. The van der Waals surface area contributed by atoms with Crippen molar-refractivity contribution in [2.45, 2.75) is 4.90 Å². The quantitative estimate of drug-likeness (QED) is 0.798. The van der Waals surface area contributed by atoms with Crippen molar-refractivity contribution in [1.82, 2.24) is 4.98 Å². The number of rotatable bonds is 2. The summed E-state index contributed by atoms with van der Waals surface area (Å²) in [5.41, 5.74) is 0.640. The normalized spacial score (nSPS) is 11.6. The molecule has 0 bridgehead atoms. The van der Waals surface area contributed by atoms with Gasteiger partial charge in [-0.05, 0) is 18.2 Å². The van der Waals surface area contributed by atoms with E-state index in [9.17, 15) is 8.42 Å². The van der Waals surface area contributed by atoms with Gasteiger partial charge in [0.05, 0.1) is 4.90 Å². The fraction of sp³-hybridized carbons (Fsp3) is 0. The Balaban J connectivity index is 2.62. The Morgan fingerprint density at radius 1 is 1.25 bits per heavy atom. The first-order valence-corrected chi connectivity index (χ1v) is 7.68. The zero-order chi connectivity index (χ0) is 11.8. The summed E-state index contributed by atoms with van der Waals surface area (Å²) in [6.45, 7) is 0. The van der Waals surface area contributed by atoms with E-state index in [2.05, 4.69) is 4.98 Å². The summed E-state index contributed by atoms with van der Waals surface area (Å²) in [7, 11) is 1.49. The fourth-order valence-corrected chi connectivity index (χ4v) is 2.92. The smallest absolute Gasteiger partial charge is 0.245 e. The molecule has 0 spiro atoms. The molecular formula is C9H5Cl2NO2S2. The summed E-state index contributed by atoms with van der Waals surface area (Å²) in [6, 6.07) is 4.40. The molecule has 0 saturated carbocycles. The first kappa shape index (κ1) is 11.9. The van der Waals surface area contributed by atoms with Crippen LogP contribution in [0.3, 0.4) is 0 Å². The lowest BCUT2D eigenvalue weighted by molar-refractivity contribution is 0.609. The molecule has 16 heavy (non-hydrogen) atoms. The van der Waals surface area contributed by atoms with E-state index in [1.54, 1.807) is 17.6 Å². The lowest BCUT2D eigenvalue weighted by atomic mass is 10.2. The van der Waals surface area contributed by atoms with E-state index in [-0.39, 0.29) is 4.90 Å². The second-order valence-electron chi connectivity index (χ2n) is 2.95. The predicted molar refractivity (Wildman–Crippen MR) is 65.6 cm³/mol. The number of thiazole rings is 1. The maximum Gasteiger partial charge on any atom is 0.261 e. The van der Waals surface area contributed by atoms with Crippen LogP contribution >= 0.6 is 33.6 Å². The highest BCUT2D eigenvalue weighted by Crippen LogP contribution is 2.29. The molecule has 0 amide bonds. The molecule has 2 aromatic rings. The van der Waals surface area contributed by atoms with E-state index in [4.69, 9.17) is 22.3 Å². The zero-order valence-corrected chi connectivity index (χ0v) is 10.9. The predicted octanol–water partition coefficient (Wildman–Crippen LogP) is 3.39. The maximum atomic E-state index is 11.2. The minimum atomic E-state index is -3.77. The second kappa shape index (κ2) is 4.33. The first-order valence-electron chi connectivity index (χ1n) is 4.12. The molecule has 0 radical (unpaired) electrons. The lowest BCUT2D eigenvalue weighted by Crippen LogP contribution is -1.91. The molecule has 0 N–H and O–H groups in total. The van der Waals surface area contributed by atoms with Crippen LogP contribution in [-0.4, -0.2) is 13.4 Å². The van der Waals surface area contributed by atoms with Crippen molar-refractivity contribution < 1.29 is 8.42 Å². The van der Waals surface area contributed by atoms with E-state index in [0.29, 0.717) is 15.6 Å². The molecule has 0 saturated heterocycles. The Labute approximate surface area is 106 Å². The molecule has 0 unspecified atom stereocenters. The molecule has 0 aliphatic heterocycles. The van der Waals surface area contributed by atoms with E-state index in [0.717, 1.165) is 0 Å². The SMILES string of the molecule is O=S(=O)(Cl)c1cc(Cl)cc(-c2nccs2)c1. The van der Waals surface area contributed by atoms with Gasteiger partial charge in [0, 0.05) is 32.8 Å². The molecule has 1 aromatic heterocycles. The number of halogens is 2. The summed E-state index contributed by atoms with van der Waals surface area (Å²) in [5.74, 6) is 0. The van der Waals surface area contributed by atoms with Gasteiger partial charge >= 0.3 is 0 Å². The topological polar surface area (TPSA) is 47.0 Å². The average molecular weight is 294 g/mol. The molecule has 7 heteroatoms. The third kappa shape index (κ3) is 2.55. The molecule has 1 heterocycles. The van der Waals surface area contributed by atoms with E-state index >= 15 is 0 Å². The Hall–Kier alpha value is -0.620. The summed E-state index contributed by atoms with van der Waals surface area (Å²) in [5, 5.41) is 2.81. The molecule has 0 aliphatic carbocycles. The standard InChI is InChI=1S/C9H5Cl2NO2S2/c10-7-3-6(9-12-1-2-15-9)4-8(5-7)16(11,13)14/h1-5H. The number of hydrogen-bond donors (Lipinski definition) is 0. The number of nitrogens with zero attached hydrogens (tertiary/aromatic N) is 1. The zero-order valence-electron chi connectivity index (χ0n) is 7.72. The maximum absolute atomic E-state index is 11.2. The van der Waals surface area contributed by atoms with Crippen molar-refractivity contribution in [3.05, 3.63) is 34.8 Å². The van der Waals surface area contributed by atoms with Crippen LogP contribution in [0.4, 0.5) is 0 Å². The van der Waals surface area contributed by atoms with Crippen LogP contribution in [-0.2, 0) is 9.05 Å². The first-order chi connectivity index (χ1) is 7.47. The minimum Gasteiger partial charge on any atom is -0.245 e. The molecule has 0 fully saturated rings. The molecule has 84 valence electrons. The molecule has 0 aliphatic rings. The van der Waals surface area contributed by atoms with Gasteiger partial charge in [0.25, 0.3) is 9.05 Å². The number of hydrogen-bond acceptors (Lipinski definition) is 4. The van der Waals surface area contributed by atoms with Crippen molar-refractivity contribution >= 4 is 42.7 Å². The highest BCUT2D eigenvalue weighted by molar-refractivity contribution is 8.13. The van der Waals surface area contributed by atoms with Crippen molar-refractivity contribution in [3.8, 4) is 10.6 Å². The van der Waals surface area contributed by atoms with Crippen molar-refractivity contribution in [1.29, 1.82) is 0 Å². The van der Waals surface area contributed by atoms with E-state index in [1.165, 1.54) is 23.5 Å².